The van der Waals surface area contributed by atoms with Gasteiger partial charge in [0, 0.05) is 0 Å². The largest absolute Gasteiger partial charge is 0.383 e. The fourth-order valence-electron chi connectivity index (χ4n) is 0.657. The average molecular weight is 188 g/mol. The van der Waals surface area contributed by atoms with E-state index in [2.05, 4.69) is 21.4 Å². The quantitative estimate of drug-likeness (QED) is 0.377. The summed E-state index contributed by atoms with van der Waals surface area (Å²) in [6.45, 7) is 1.50. The topological polar surface area (TPSA) is 46.0 Å². The molecular weight excluding hydrogens is 178 g/mol. The molecule has 0 aromatic heterocycles. The molecule has 0 unspecified atom stereocenters. The summed E-state index contributed by atoms with van der Waals surface area (Å²) in [4.78, 5) is 8.70. The number of hydrogen-bond donors (Lipinski definition) is 1. The molecule has 66 valence electrons. The summed E-state index contributed by atoms with van der Waals surface area (Å²) in [6.07, 6.45) is 6.61. The zero-order valence-electron chi connectivity index (χ0n) is 6.49. The molecule has 5 heteroatoms. The van der Waals surface area contributed by atoms with E-state index >= 15 is 0 Å². The van der Waals surface area contributed by atoms with Gasteiger partial charge >= 0.3 is 0 Å². The van der Waals surface area contributed by atoms with Gasteiger partial charge in [-0.2, -0.15) is 0 Å². The van der Waals surface area contributed by atoms with Crippen molar-refractivity contribution >= 4 is 24.5 Å². The van der Waals surface area contributed by atoms with Crippen LogP contribution >= 0.6 is 12.4 Å². The van der Waals surface area contributed by atoms with E-state index in [-0.39, 0.29) is 19.0 Å². The van der Waals surface area contributed by atoms with Gasteiger partial charge in [-0.05, 0) is 0 Å². The van der Waals surface area contributed by atoms with E-state index in [1.54, 1.807) is 6.34 Å². The first-order chi connectivity index (χ1) is 5.43. The van der Waals surface area contributed by atoms with Crippen molar-refractivity contribution in [1.29, 1.82) is 0 Å². The Morgan fingerprint density at radius 1 is 1.83 bits per heavy atom. The van der Waals surface area contributed by atoms with Gasteiger partial charge in [0.2, 0.25) is 0 Å². The monoisotopic (exact) mass is 187 g/mol. The highest BCUT2D eigenvalue weighted by Crippen LogP contribution is 1.85. The van der Waals surface area contributed by atoms with E-state index < -0.39 is 0 Å². The lowest BCUT2D eigenvalue weighted by Gasteiger charge is -2.07. The number of oxime groups is 1. The summed E-state index contributed by atoms with van der Waals surface area (Å²) in [5.41, 5.74) is 0.864. The minimum Gasteiger partial charge on any atom is -0.383 e. The van der Waals surface area contributed by atoms with Crippen LogP contribution in [0.4, 0.5) is 0 Å². The number of rotatable bonds is 2. The van der Waals surface area contributed by atoms with Gasteiger partial charge in [-0.25, -0.2) is 0 Å². The number of nitrogens with zero attached hydrogens (tertiary/aromatic N) is 2. The molecule has 0 saturated heterocycles. The first-order valence-corrected chi connectivity index (χ1v) is 3.26. The van der Waals surface area contributed by atoms with Crippen molar-refractivity contribution in [2.45, 2.75) is 0 Å². The standard InChI is InChI=1S/C7H9N3O.ClH/c1-2-3-11-10-7-4-8-6-9-5-7;/h1,6H,3-5H2,(H,8,9);1H. The third-order valence-corrected chi connectivity index (χ3v) is 1.10. The average Bonchev–Trinajstić information content (AvgIpc) is 2.07. The number of aliphatic imine (C=N–C) groups is 1. The van der Waals surface area contributed by atoms with Crippen LogP contribution in [0.25, 0.3) is 0 Å². The van der Waals surface area contributed by atoms with Crippen LogP contribution in [0.5, 0.6) is 0 Å². The summed E-state index contributed by atoms with van der Waals surface area (Å²) in [7, 11) is 0. The minimum absolute atomic E-state index is 0. The van der Waals surface area contributed by atoms with Crippen molar-refractivity contribution in [2.75, 3.05) is 19.7 Å². The third kappa shape index (κ3) is 3.84. The zero-order valence-corrected chi connectivity index (χ0v) is 7.30. The SMILES string of the molecule is C#CCO/N=C1/CN=CNC1.Cl. The Morgan fingerprint density at radius 3 is 3.25 bits per heavy atom. The number of terminal acetylenes is 1. The summed E-state index contributed by atoms with van der Waals surface area (Å²) in [6, 6.07) is 0. The zero-order chi connectivity index (χ0) is 7.94. The molecule has 0 fully saturated rings. The summed E-state index contributed by atoms with van der Waals surface area (Å²) in [5.74, 6) is 2.32. The van der Waals surface area contributed by atoms with Gasteiger partial charge in [-0.15, -0.1) is 18.8 Å². The van der Waals surface area contributed by atoms with Crippen LogP contribution in [0.3, 0.4) is 0 Å². The van der Waals surface area contributed by atoms with Gasteiger partial charge in [-0.3, -0.25) is 4.99 Å². The molecule has 0 radical (unpaired) electrons. The highest BCUT2D eigenvalue weighted by molar-refractivity contribution is 5.92. The second kappa shape index (κ2) is 6.50. The minimum atomic E-state index is 0. The van der Waals surface area contributed by atoms with Crippen LogP contribution in [-0.2, 0) is 4.84 Å². The lowest BCUT2D eigenvalue weighted by atomic mass is 10.3. The second-order valence-electron chi connectivity index (χ2n) is 1.99. The van der Waals surface area contributed by atoms with Crippen molar-refractivity contribution in [3.8, 4) is 12.3 Å². The molecule has 0 amide bonds. The number of nitrogens with one attached hydrogen (secondary N) is 1. The first kappa shape index (κ1) is 10.8. The second-order valence-corrected chi connectivity index (χ2v) is 1.99. The van der Waals surface area contributed by atoms with Crippen LogP contribution in [0.15, 0.2) is 10.1 Å². The van der Waals surface area contributed by atoms with E-state index in [1.807, 2.05) is 0 Å². The van der Waals surface area contributed by atoms with E-state index in [0.29, 0.717) is 13.1 Å². The molecule has 0 aromatic carbocycles. The van der Waals surface area contributed by atoms with Crippen molar-refractivity contribution in [3.05, 3.63) is 0 Å². The highest BCUT2D eigenvalue weighted by atomic mass is 35.5. The normalized spacial score (nSPS) is 17.4. The van der Waals surface area contributed by atoms with E-state index in [9.17, 15) is 0 Å². The summed E-state index contributed by atoms with van der Waals surface area (Å²) < 4.78 is 0. The van der Waals surface area contributed by atoms with Gasteiger partial charge < -0.3 is 10.2 Å². The molecule has 0 spiro atoms. The van der Waals surface area contributed by atoms with Gasteiger partial charge in [0.1, 0.15) is 0 Å². The van der Waals surface area contributed by atoms with Crippen LogP contribution in [0.2, 0.25) is 0 Å². The molecule has 1 rings (SSSR count). The van der Waals surface area contributed by atoms with Crippen molar-refractivity contribution in [2.24, 2.45) is 10.1 Å². The molecule has 1 N–H and O–H groups in total. The highest BCUT2D eigenvalue weighted by Gasteiger charge is 2.00. The lowest BCUT2D eigenvalue weighted by molar-refractivity contribution is 0.179. The molecule has 1 aliphatic heterocycles. The fourth-order valence-corrected chi connectivity index (χ4v) is 0.657. The maximum Gasteiger partial charge on any atom is 0.177 e. The van der Waals surface area contributed by atoms with Gasteiger partial charge in [0.05, 0.1) is 25.1 Å². The van der Waals surface area contributed by atoms with E-state index in [0.717, 1.165) is 5.71 Å². The Bertz CT molecular complexity index is 219. The molecule has 0 bridgehead atoms. The first-order valence-electron chi connectivity index (χ1n) is 3.26. The van der Waals surface area contributed by atoms with Crippen LogP contribution in [0.1, 0.15) is 0 Å². The van der Waals surface area contributed by atoms with Crippen molar-refractivity contribution in [3.63, 3.8) is 0 Å². The van der Waals surface area contributed by atoms with Crippen LogP contribution in [0, 0.1) is 12.3 Å². The van der Waals surface area contributed by atoms with E-state index in [1.165, 1.54) is 0 Å². The Hall–Kier alpha value is -1.21. The Morgan fingerprint density at radius 2 is 2.67 bits per heavy atom. The molecule has 4 nitrogen and oxygen atoms in total. The molecule has 0 aliphatic carbocycles. The molecular formula is C7H10ClN3O. The van der Waals surface area contributed by atoms with E-state index in [4.69, 9.17) is 11.3 Å². The van der Waals surface area contributed by atoms with Crippen LogP contribution < -0.4 is 5.32 Å². The molecule has 0 aromatic rings. The van der Waals surface area contributed by atoms with Crippen LogP contribution in [-0.4, -0.2) is 31.7 Å². The predicted molar refractivity (Wildman–Crippen MR) is 50.8 cm³/mol. The maximum absolute atomic E-state index is 4.95. The smallest absolute Gasteiger partial charge is 0.177 e. The molecule has 1 aliphatic rings. The molecule has 1 heterocycles. The van der Waals surface area contributed by atoms with Gasteiger partial charge in [-0.1, -0.05) is 11.1 Å². The number of hydrogen-bond acceptors (Lipinski definition) is 4. The third-order valence-electron chi connectivity index (χ3n) is 1.10. The van der Waals surface area contributed by atoms with Gasteiger partial charge in [0.15, 0.2) is 6.61 Å². The van der Waals surface area contributed by atoms with Crippen molar-refractivity contribution in [1.82, 2.24) is 5.32 Å². The van der Waals surface area contributed by atoms with Gasteiger partial charge in [0.25, 0.3) is 0 Å². The molecule has 12 heavy (non-hydrogen) atoms. The maximum atomic E-state index is 4.95. The Labute approximate surface area is 77.5 Å². The Balaban J connectivity index is 0.00000121. The predicted octanol–water partition coefficient (Wildman–Crippen LogP) is 0.0455. The summed E-state index contributed by atoms with van der Waals surface area (Å²) in [5, 5.41) is 6.68. The van der Waals surface area contributed by atoms with Crippen molar-refractivity contribution < 1.29 is 4.84 Å². The number of halogens is 1. The fraction of sp³-hybridized carbons (Fsp3) is 0.429. The Kier molecular flexibility index (Phi) is 5.84. The molecule has 0 saturated carbocycles. The molecule has 0 atom stereocenters. The lowest BCUT2D eigenvalue weighted by Crippen LogP contribution is -2.28. The summed E-state index contributed by atoms with van der Waals surface area (Å²) >= 11 is 0.